The zero-order valence-electron chi connectivity index (χ0n) is 5.10. The van der Waals surface area contributed by atoms with Gasteiger partial charge in [-0.05, 0) is 0 Å². The van der Waals surface area contributed by atoms with E-state index < -0.39 is 0 Å². The van der Waals surface area contributed by atoms with E-state index in [2.05, 4.69) is 9.97 Å². The van der Waals surface area contributed by atoms with Gasteiger partial charge in [-0.15, -0.1) is 0 Å². The van der Waals surface area contributed by atoms with Gasteiger partial charge in [-0.3, -0.25) is 4.40 Å². The number of imidazole rings is 1. The normalized spacial score (nSPS) is 10.4. The maximum absolute atomic E-state index is 8.90. The van der Waals surface area contributed by atoms with E-state index in [0.717, 1.165) is 5.52 Å². The maximum Gasteiger partial charge on any atom is 0.214 e. The molecule has 0 saturated heterocycles. The quantitative estimate of drug-likeness (QED) is 0.570. The Bertz CT molecular complexity index is 355. The number of nitrogens with zero attached hydrogens (tertiary/aromatic N) is 3. The number of rotatable bonds is 0. The van der Waals surface area contributed by atoms with Crippen LogP contribution in [0.3, 0.4) is 0 Å². The van der Waals surface area contributed by atoms with Crippen LogP contribution < -0.4 is 0 Å². The fourth-order valence-electron chi connectivity index (χ4n) is 0.814. The summed E-state index contributed by atoms with van der Waals surface area (Å²) < 4.78 is 1.72. The van der Waals surface area contributed by atoms with Gasteiger partial charge in [-0.1, -0.05) is 0 Å². The molecule has 0 aliphatic rings. The molecule has 0 spiro atoms. The molecule has 0 bridgehead atoms. The van der Waals surface area contributed by atoms with Gasteiger partial charge in [-0.2, -0.15) is 0 Å². The monoisotopic (exact) mass is 135 g/mol. The van der Waals surface area contributed by atoms with Crippen LogP contribution in [0.15, 0.2) is 24.9 Å². The molecule has 4 nitrogen and oxygen atoms in total. The SMILES string of the molecule is Oc1cc2cncn2cn1. The maximum atomic E-state index is 8.90. The highest BCUT2D eigenvalue weighted by Crippen LogP contribution is 2.06. The molecule has 0 radical (unpaired) electrons. The van der Waals surface area contributed by atoms with Crippen LogP contribution in [0.1, 0.15) is 0 Å². The van der Waals surface area contributed by atoms with Crippen LogP contribution in [-0.4, -0.2) is 19.5 Å². The molecule has 4 heteroatoms. The summed E-state index contributed by atoms with van der Waals surface area (Å²) in [4.78, 5) is 7.51. The molecule has 0 fully saturated rings. The van der Waals surface area contributed by atoms with Crippen molar-refractivity contribution in [3.8, 4) is 5.88 Å². The summed E-state index contributed by atoms with van der Waals surface area (Å²) >= 11 is 0. The second-order valence-corrected chi connectivity index (χ2v) is 1.97. The van der Waals surface area contributed by atoms with E-state index in [-0.39, 0.29) is 5.88 Å². The Morgan fingerprint density at radius 2 is 2.30 bits per heavy atom. The summed E-state index contributed by atoms with van der Waals surface area (Å²) in [6, 6.07) is 1.55. The summed E-state index contributed by atoms with van der Waals surface area (Å²) in [5.41, 5.74) is 0.840. The van der Waals surface area contributed by atoms with Gasteiger partial charge < -0.3 is 5.11 Å². The Morgan fingerprint density at radius 3 is 3.20 bits per heavy atom. The second kappa shape index (κ2) is 1.70. The van der Waals surface area contributed by atoms with E-state index >= 15 is 0 Å². The first-order valence-electron chi connectivity index (χ1n) is 2.83. The summed E-state index contributed by atoms with van der Waals surface area (Å²) in [6.07, 6.45) is 4.79. The first kappa shape index (κ1) is 5.22. The summed E-state index contributed by atoms with van der Waals surface area (Å²) in [6.45, 7) is 0. The zero-order valence-corrected chi connectivity index (χ0v) is 5.10. The number of aromatic hydroxyl groups is 1. The predicted molar refractivity (Wildman–Crippen MR) is 34.7 cm³/mol. The largest absolute Gasteiger partial charge is 0.493 e. The molecule has 2 aromatic heterocycles. The summed E-state index contributed by atoms with van der Waals surface area (Å²) in [5, 5.41) is 8.90. The Balaban J connectivity index is 2.86. The molecule has 0 aliphatic heterocycles. The van der Waals surface area contributed by atoms with Crippen molar-refractivity contribution in [3.63, 3.8) is 0 Å². The third kappa shape index (κ3) is 0.621. The van der Waals surface area contributed by atoms with Gasteiger partial charge >= 0.3 is 0 Å². The van der Waals surface area contributed by atoms with Gasteiger partial charge in [0.2, 0.25) is 5.88 Å². The van der Waals surface area contributed by atoms with Gasteiger partial charge in [-0.25, -0.2) is 9.97 Å². The van der Waals surface area contributed by atoms with Gasteiger partial charge in [0, 0.05) is 6.07 Å². The molecule has 0 aliphatic carbocycles. The standard InChI is InChI=1S/C6H5N3O/c10-6-1-5-2-7-3-9(5)4-8-6/h1-4,10H. The molecular formula is C6H5N3O. The van der Waals surface area contributed by atoms with Crippen molar-refractivity contribution in [1.82, 2.24) is 14.4 Å². The molecule has 2 heterocycles. The van der Waals surface area contributed by atoms with Gasteiger partial charge in [0.1, 0.15) is 12.7 Å². The fourth-order valence-corrected chi connectivity index (χ4v) is 0.814. The van der Waals surface area contributed by atoms with Crippen LogP contribution in [0.4, 0.5) is 0 Å². The molecule has 0 saturated carbocycles. The molecule has 10 heavy (non-hydrogen) atoms. The minimum atomic E-state index is 0.0213. The van der Waals surface area contributed by atoms with E-state index in [0.29, 0.717) is 0 Å². The molecular weight excluding hydrogens is 130 g/mol. The summed E-state index contributed by atoms with van der Waals surface area (Å²) in [7, 11) is 0. The van der Waals surface area contributed by atoms with E-state index in [1.54, 1.807) is 23.0 Å². The minimum Gasteiger partial charge on any atom is -0.493 e. The molecule has 2 aromatic rings. The first-order valence-corrected chi connectivity index (χ1v) is 2.83. The fraction of sp³-hybridized carbons (Fsp3) is 0. The van der Waals surface area contributed by atoms with Gasteiger partial charge in [0.05, 0.1) is 11.7 Å². The average molecular weight is 135 g/mol. The van der Waals surface area contributed by atoms with Crippen LogP contribution in [0.5, 0.6) is 5.88 Å². The Kier molecular flexibility index (Phi) is 0.887. The third-order valence-corrected chi connectivity index (χ3v) is 1.29. The van der Waals surface area contributed by atoms with E-state index in [1.807, 2.05) is 0 Å². The molecule has 0 atom stereocenters. The summed E-state index contributed by atoms with van der Waals surface area (Å²) in [5.74, 6) is 0.0213. The highest BCUT2D eigenvalue weighted by Gasteiger charge is 1.92. The van der Waals surface area contributed by atoms with Crippen molar-refractivity contribution in [2.45, 2.75) is 0 Å². The molecule has 2 rings (SSSR count). The number of fused-ring (bicyclic) bond motifs is 1. The topological polar surface area (TPSA) is 50.4 Å². The highest BCUT2D eigenvalue weighted by molar-refractivity contribution is 5.45. The van der Waals surface area contributed by atoms with Crippen LogP contribution in [0.25, 0.3) is 5.52 Å². The molecule has 50 valence electrons. The van der Waals surface area contributed by atoms with Crippen LogP contribution >= 0.6 is 0 Å². The number of hydrogen-bond acceptors (Lipinski definition) is 3. The molecule has 0 aromatic carbocycles. The lowest BCUT2D eigenvalue weighted by Crippen LogP contribution is -1.82. The second-order valence-electron chi connectivity index (χ2n) is 1.97. The van der Waals surface area contributed by atoms with Crippen molar-refractivity contribution in [3.05, 3.63) is 24.9 Å². The first-order chi connectivity index (χ1) is 4.86. The Hall–Kier alpha value is -1.58. The van der Waals surface area contributed by atoms with E-state index in [1.165, 1.54) is 6.33 Å². The lowest BCUT2D eigenvalue weighted by Gasteiger charge is -1.90. The number of hydrogen-bond donors (Lipinski definition) is 1. The van der Waals surface area contributed by atoms with Crippen molar-refractivity contribution in [1.29, 1.82) is 0 Å². The smallest absolute Gasteiger partial charge is 0.214 e. The van der Waals surface area contributed by atoms with Crippen molar-refractivity contribution < 1.29 is 5.11 Å². The molecule has 1 N–H and O–H groups in total. The van der Waals surface area contributed by atoms with Crippen molar-refractivity contribution >= 4 is 5.52 Å². The van der Waals surface area contributed by atoms with Crippen LogP contribution in [-0.2, 0) is 0 Å². The minimum absolute atomic E-state index is 0.0213. The highest BCUT2D eigenvalue weighted by atomic mass is 16.3. The van der Waals surface area contributed by atoms with Crippen molar-refractivity contribution in [2.24, 2.45) is 0 Å². The van der Waals surface area contributed by atoms with Gasteiger partial charge in [0.15, 0.2) is 0 Å². The van der Waals surface area contributed by atoms with Crippen LogP contribution in [0.2, 0.25) is 0 Å². The Labute approximate surface area is 56.8 Å². The zero-order chi connectivity index (χ0) is 6.97. The predicted octanol–water partition coefficient (Wildman–Crippen LogP) is 0.435. The molecule has 0 amide bonds. The van der Waals surface area contributed by atoms with E-state index in [9.17, 15) is 0 Å². The van der Waals surface area contributed by atoms with E-state index in [4.69, 9.17) is 5.11 Å². The lowest BCUT2D eigenvalue weighted by atomic mass is 10.5. The molecule has 0 unspecified atom stereocenters. The Morgan fingerprint density at radius 1 is 1.40 bits per heavy atom. The average Bonchev–Trinajstić information content (AvgIpc) is 2.33. The lowest BCUT2D eigenvalue weighted by molar-refractivity contribution is 0.452. The third-order valence-electron chi connectivity index (χ3n) is 1.29. The van der Waals surface area contributed by atoms with Crippen molar-refractivity contribution in [2.75, 3.05) is 0 Å². The van der Waals surface area contributed by atoms with Gasteiger partial charge in [0.25, 0.3) is 0 Å². The number of aromatic nitrogens is 3. The van der Waals surface area contributed by atoms with Crippen LogP contribution in [0, 0.1) is 0 Å².